The van der Waals surface area contributed by atoms with Gasteiger partial charge in [-0.15, -0.1) is 11.6 Å². The van der Waals surface area contributed by atoms with Gasteiger partial charge in [-0.3, -0.25) is 0 Å². The van der Waals surface area contributed by atoms with Crippen LogP contribution in [0, 0.1) is 41.4 Å². The summed E-state index contributed by atoms with van der Waals surface area (Å²) < 4.78 is 0. The lowest BCUT2D eigenvalue weighted by Crippen LogP contribution is -2.31. The van der Waals surface area contributed by atoms with Crippen LogP contribution in [-0.2, 0) is 0 Å². The van der Waals surface area contributed by atoms with Crippen LogP contribution in [-0.4, -0.2) is 5.38 Å². The summed E-state index contributed by atoms with van der Waals surface area (Å²) in [6.07, 6.45) is 5.67. The lowest BCUT2D eigenvalue weighted by molar-refractivity contribution is 0.167. The monoisotopic (exact) mass is 240 g/mol. The van der Waals surface area contributed by atoms with Crippen molar-refractivity contribution in [1.29, 1.82) is 0 Å². The summed E-state index contributed by atoms with van der Waals surface area (Å²) in [5.74, 6) is 6.80. The third-order valence-electron chi connectivity index (χ3n) is 6.04. The van der Waals surface area contributed by atoms with Crippen LogP contribution in [0.4, 0.5) is 0 Å². The van der Waals surface area contributed by atoms with Gasteiger partial charge in [-0.05, 0) is 60.7 Å². The molecule has 92 valence electrons. The van der Waals surface area contributed by atoms with Crippen LogP contribution in [0.15, 0.2) is 0 Å². The van der Waals surface area contributed by atoms with Gasteiger partial charge < -0.3 is 0 Å². The van der Waals surface area contributed by atoms with E-state index in [0.29, 0.717) is 5.38 Å². The standard InChI is InChI=1S/C15H25Cl/c1-4-9-5-11(8(2)3)15-10-6-12(14(9)15)13(16)7-10/h8-15H,4-7H2,1-3H3. The predicted molar refractivity (Wildman–Crippen MR) is 69.6 cm³/mol. The first-order chi connectivity index (χ1) is 7.63. The van der Waals surface area contributed by atoms with Crippen molar-refractivity contribution in [3.63, 3.8) is 0 Å². The maximum atomic E-state index is 6.52. The highest BCUT2D eigenvalue weighted by Crippen LogP contribution is 2.65. The lowest BCUT2D eigenvalue weighted by Gasteiger charge is -2.34. The molecule has 0 aromatic carbocycles. The smallest absolute Gasteiger partial charge is 0.0370 e. The molecule has 0 N–H and O–H groups in total. The van der Waals surface area contributed by atoms with Crippen molar-refractivity contribution in [2.45, 2.75) is 51.8 Å². The summed E-state index contributed by atoms with van der Waals surface area (Å²) in [6, 6.07) is 0. The van der Waals surface area contributed by atoms with E-state index in [0.717, 1.165) is 41.4 Å². The molecule has 3 rings (SSSR count). The number of alkyl halides is 1. The number of rotatable bonds is 2. The van der Waals surface area contributed by atoms with Gasteiger partial charge in [0.25, 0.3) is 0 Å². The SMILES string of the molecule is CCC1CC(C(C)C)C2C3CC(Cl)C(C3)C12. The van der Waals surface area contributed by atoms with Gasteiger partial charge in [-0.2, -0.15) is 0 Å². The molecule has 3 aliphatic carbocycles. The number of hydrogen-bond donors (Lipinski definition) is 0. The summed E-state index contributed by atoms with van der Waals surface area (Å²) in [5, 5.41) is 0.520. The van der Waals surface area contributed by atoms with Crippen molar-refractivity contribution < 1.29 is 0 Å². The first-order valence-corrected chi connectivity index (χ1v) is 7.71. The molecule has 0 radical (unpaired) electrons. The molecule has 0 amide bonds. The zero-order chi connectivity index (χ0) is 11.4. The Morgan fingerprint density at radius 3 is 2.50 bits per heavy atom. The molecule has 3 aliphatic rings. The fourth-order valence-electron chi connectivity index (χ4n) is 5.49. The first-order valence-electron chi connectivity index (χ1n) is 7.27. The van der Waals surface area contributed by atoms with Crippen molar-refractivity contribution in [2.75, 3.05) is 0 Å². The quantitative estimate of drug-likeness (QED) is 0.621. The van der Waals surface area contributed by atoms with Gasteiger partial charge in [0, 0.05) is 5.38 Å². The van der Waals surface area contributed by atoms with Crippen LogP contribution in [0.5, 0.6) is 0 Å². The van der Waals surface area contributed by atoms with Crippen molar-refractivity contribution in [3.8, 4) is 0 Å². The molecular weight excluding hydrogens is 216 g/mol. The Balaban J connectivity index is 1.87. The minimum atomic E-state index is 0.520. The molecule has 0 aliphatic heterocycles. The molecule has 0 aromatic heterocycles. The maximum Gasteiger partial charge on any atom is 0.0370 e. The molecule has 7 atom stereocenters. The number of halogens is 1. The van der Waals surface area contributed by atoms with Crippen LogP contribution < -0.4 is 0 Å². The zero-order valence-electron chi connectivity index (χ0n) is 10.8. The largest absolute Gasteiger partial charge is 0.123 e. The van der Waals surface area contributed by atoms with Crippen LogP contribution in [0.3, 0.4) is 0 Å². The van der Waals surface area contributed by atoms with Gasteiger partial charge in [0.2, 0.25) is 0 Å². The maximum absolute atomic E-state index is 6.52. The molecule has 0 nitrogen and oxygen atoms in total. The summed E-state index contributed by atoms with van der Waals surface area (Å²) >= 11 is 6.52. The molecule has 2 bridgehead atoms. The molecule has 7 unspecified atom stereocenters. The Kier molecular flexibility index (Phi) is 2.78. The van der Waals surface area contributed by atoms with E-state index >= 15 is 0 Å². The summed E-state index contributed by atoms with van der Waals surface area (Å²) in [4.78, 5) is 0. The molecule has 3 fully saturated rings. The normalized spacial score (nSPS) is 54.9. The molecule has 1 heteroatoms. The van der Waals surface area contributed by atoms with Gasteiger partial charge >= 0.3 is 0 Å². The van der Waals surface area contributed by atoms with E-state index in [1.54, 1.807) is 0 Å². The average Bonchev–Trinajstić information content (AvgIpc) is 2.84. The Hall–Kier alpha value is 0.290. The molecular formula is C15H25Cl. The van der Waals surface area contributed by atoms with E-state index < -0.39 is 0 Å². The van der Waals surface area contributed by atoms with Gasteiger partial charge in [-0.1, -0.05) is 27.2 Å². The Morgan fingerprint density at radius 2 is 1.88 bits per heavy atom. The van der Waals surface area contributed by atoms with Gasteiger partial charge in [0.05, 0.1) is 0 Å². The Labute approximate surface area is 105 Å². The van der Waals surface area contributed by atoms with Crippen molar-refractivity contribution >= 4 is 11.6 Å². The Bertz CT molecular complexity index is 273. The second-order valence-electron chi connectivity index (χ2n) is 6.88. The fraction of sp³-hybridized carbons (Fsp3) is 1.00. The van der Waals surface area contributed by atoms with Crippen molar-refractivity contribution in [2.24, 2.45) is 41.4 Å². The minimum absolute atomic E-state index is 0.520. The van der Waals surface area contributed by atoms with Crippen LogP contribution in [0.1, 0.15) is 46.5 Å². The van der Waals surface area contributed by atoms with Gasteiger partial charge in [-0.25, -0.2) is 0 Å². The van der Waals surface area contributed by atoms with E-state index in [9.17, 15) is 0 Å². The molecule has 0 heterocycles. The average molecular weight is 241 g/mol. The second kappa shape index (κ2) is 3.90. The summed E-state index contributed by atoms with van der Waals surface area (Å²) in [7, 11) is 0. The second-order valence-corrected chi connectivity index (χ2v) is 7.44. The Morgan fingerprint density at radius 1 is 1.12 bits per heavy atom. The van der Waals surface area contributed by atoms with Crippen LogP contribution in [0.25, 0.3) is 0 Å². The summed E-state index contributed by atoms with van der Waals surface area (Å²) in [5.41, 5.74) is 0. The summed E-state index contributed by atoms with van der Waals surface area (Å²) in [6.45, 7) is 7.26. The van der Waals surface area contributed by atoms with Gasteiger partial charge in [0.15, 0.2) is 0 Å². The van der Waals surface area contributed by atoms with E-state index in [2.05, 4.69) is 20.8 Å². The van der Waals surface area contributed by atoms with Crippen molar-refractivity contribution in [3.05, 3.63) is 0 Å². The number of hydrogen-bond acceptors (Lipinski definition) is 0. The van der Waals surface area contributed by atoms with Crippen LogP contribution in [0.2, 0.25) is 0 Å². The first kappa shape index (κ1) is 11.4. The molecule has 0 spiro atoms. The zero-order valence-corrected chi connectivity index (χ0v) is 11.6. The molecule has 0 aromatic rings. The predicted octanol–water partition coefficient (Wildman–Crippen LogP) is 4.57. The highest BCUT2D eigenvalue weighted by Gasteiger charge is 2.59. The topological polar surface area (TPSA) is 0 Å². The molecule has 3 saturated carbocycles. The van der Waals surface area contributed by atoms with E-state index in [-0.39, 0.29) is 0 Å². The minimum Gasteiger partial charge on any atom is -0.123 e. The number of fused-ring (bicyclic) bond motifs is 5. The molecule has 0 saturated heterocycles. The van der Waals surface area contributed by atoms with E-state index in [1.807, 2.05) is 0 Å². The third kappa shape index (κ3) is 1.41. The van der Waals surface area contributed by atoms with Crippen LogP contribution >= 0.6 is 11.6 Å². The lowest BCUT2D eigenvalue weighted by atomic mass is 9.73. The third-order valence-corrected chi connectivity index (χ3v) is 6.55. The highest BCUT2D eigenvalue weighted by atomic mass is 35.5. The van der Waals surface area contributed by atoms with E-state index in [4.69, 9.17) is 11.6 Å². The van der Waals surface area contributed by atoms with E-state index in [1.165, 1.54) is 25.7 Å². The highest BCUT2D eigenvalue weighted by molar-refractivity contribution is 6.21. The van der Waals surface area contributed by atoms with Gasteiger partial charge in [0.1, 0.15) is 0 Å². The van der Waals surface area contributed by atoms with Crippen molar-refractivity contribution in [1.82, 2.24) is 0 Å². The molecule has 16 heavy (non-hydrogen) atoms. The fourth-order valence-corrected chi connectivity index (χ4v) is 5.99.